The smallest absolute Gasteiger partial charge is 0.270 e. The Bertz CT molecular complexity index is 1320. The molecule has 2 amide bonds. The number of likely N-dealkylation sites (N-methyl/N-ethyl adjacent to an activating group) is 2. The maximum Gasteiger partial charge on any atom is 0.270 e. The van der Waals surface area contributed by atoms with E-state index < -0.39 is 0 Å². The van der Waals surface area contributed by atoms with Crippen LogP contribution < -0.4 is 4.90 Å². The van der Waals surface area contributed by atoms with Crippen molar-refractivity contribution in [3.8, 4) is 0 Å². The standard InChI is InChI=1S/C32H38N4O2/c1-33-19-18-27(21-33)34(2)32(38)30-17-16-28-22-36(29-11-7-6-10-26(29)20-35(28)30)31(37)25-14-12-24(13-15-25)23-8-4-3-5-9-23/h6-7,10-17,23,27H,3-5,8-9,18-22H2,1-2H3. The summed E-state index contributed by atoms with van der Waals surface area (Å²) in [4.78, 5) is 33.6. The average molecular weight is 511 g/mol. The van der Waals surface area contributed by atoms with E-state index in [9.17, 15) is 9.59 Å². The highest BCUT2D eigenvalue weighted by Crippen LogP contribution is 2.34. The number of carbonyl (C=O) groups is 2. The highest BCUT2D eigenvalue weighted by Gasteiger charge is 2.31. The first-order chi connectivity index (χ1) is 18.5. The summed E-state index contributed by atoms with van der Waals surface area (Å²) in [5, 5.41) is 0. The number of hydrogen-bond donors (Lipinski definition) is 0. The maximum absolute atomic E-state index is 13.9. The predicted molar refractivity (Wildman–Crippen MR) is 151 cm³/mol. The number of nitrogens with zero attached hydrogens (tertiary/aromatic N) is 4. The van der Waals surface area contributed by atoms with Crippen molar-refractivity contribution in [3.63, 3.8) is 0 Å². The van der Waals surface area contributed by atoms with Crippen LogP contribution in [0.5, 0.6) is 0 Å². The highest BCUT2D eigenvalue weighted by atomic mass is 16.2. The van der Waals surface area contributed by atoms with Gasteiger partial charge in [0, 0.05) is 36.6 Å². The molecule has 2 aliphatic heterocycles. The number of anilines is 1. The van der Waals surface area contributed by atoms with Crippen molar-refractivity contribution < 1.29 is 9.59 Å². The third-order valence-electron chi connectivity index (χ3n) is 8.94. The number of likely N-dealkylation sites (tertiary alicyclic amines) is 1. The third-order valence-corrected chi connectivity index (χ3v) is 8.94. The van der Waals surface area contributed by atoms with Crippen molar-refractivity contribution in [2.24, 2.45) is 0 Å². The van der Waals surface area contributed by atoms with E-state index in [0.717, 1.165) is 36.5 Å². The molecule has 3 heterocycles. The van der Waals surface area contributed by atoms with Crippen LogP contribution in [0.3, 0.4) is 0 Å². The second-order valence-corrected chi connectivity index (χ2v) is 11.4. The molecular weight excluding hydrogens is 472 g/mol. The van der Waals surface area contributed by atoms with Gasteiger partial charge < -0.3 is 19.3 Å². The molecule has 38 heavy (non-hydrogen) atoms. The van der Waals surface area contributed by atoms with Crippen LogP contribution in [0.25, 0.3) is 0 Å². The van der Waals surface area contributed by atoms with E-state index in [1.807, 2.05) is 59.3 Å². The Morgan fingerprint density at radius 3 is 2.37 bits per heavy atom. The van der Waals surface area contributed by atoms with Gasteiger partial charge in [-0.2, -0.15) is 0 Å². The van der Waals surface area contributed by atoms with Gasteiger partial charge in [-0.1, -0.05) is 49.6 Å². The van der Waals surface area contributed by atoms with Gasteiger partial charge in [-0.25, -0.2) is 0 Å². The van der Waals surface area contributed by atoms with Crippen molar-refractivity contribution >= 4 is 17.5 Å². The lowest BCUT2D eigenvalue weighted by atomic mass is 9.84. The molecule has 1 aliphatic carbocycles. The summed E-state index contributed by atoms with van der Waals surface area (Å²) in [6, 6.07) is 20.6. The maximum atomic E-state index is 13.9. The highest BCUT2D eigenvalue weighted by molar-refractivity contribution is 6.06. The Balaban J connectivity index is 1.28. The number of aromatic nitrogens is 1. The molecule has 1 saturated carbocycles. The fourth-order valence-electron chi connectivity index (χ4n) is 6.59. The minimum atomic E-state index is 0.00119. The van der Waals surface area contributed by atoms with Crippen molar-refractivity contribution in [3.05, 3.63) is 88.7 Å². The molecular formula is C32H38N4O2. The molecule has 198 valence electrons. The van der Waals surface area contributed by atoms with E-state index >= 15 is 0 Å². The van der Waals surface area contributed by atoms with E-state index in [0.29, 0.717) is 30.3 Å². The van der Waals surface area contributed by atoms with Gasteiger partial charge in [0.1, 0.15) is 5.69 Å². The topological polar surface area (TPSA) is 48.8 Å². The number of amides is 2. The molecule has 6 rings (SSSR count). The molecule has 2 aromatic carbocycles. The lowest BCUT2D eigenvalue weighted by molar-refractivity contribution is 0.0726. The number of para-hydroxylation sites is 1. The summed E-state index contributed by atoms with van der Waals surface area (Å²) < 4.78 is 2.11. The molecule has 1 unspecified atom stereocenters. The van der Waals surface area contributed by atoms with Crippen LogP contribution in [0, 0.1) is 0 Å². The quantitative estimate of drug-likeness (QED) is 0.464. The Labute approximate surface area is 225 Å². The van der Waals surface area contributed by atoms with Gasteiger partial charge in [-0.15, -0.1) is 0 Å². The van der Waals surface area contributed by atoms with E-state index in [1.165, 1.54) is 37.7 Å². The van der Waals surface area contributed by atoms with Crippen molar-refractivity contribution in [2.75, 3.05) is 32.1 Å². The zero-order chi connectivity index (χ0) is 26.2. The van der Waals surface area contributed by atoms with Crippen molar-refractivity contribution in [2.45, 2.75) is 63.6 Å². The van der Waals surface area contributed by atoms with Gasteiger partial charge in [0.25, 0.3) is 11.8 Å². The molecule has 1 atom stereocenters. The van der Waals surface area contributed by atoms with Crippen LogP contribution in [0.2, 0.25) is 0 Å². The zero-order valence-corrected chi connectivity index (χ0v) is 22.6. The molecule has 3 aliphatic rings. The van der Waals surface area contributed by atoms with Crippen LogP contribution in [0.15, 0.2) is 60.7 Å². The monoisotopic (exact) mass is 510 g/mol. The average Bonchev–Trinajstić information content (AvgIpc) is 3.53. The molecule has 0 bridgehead atoms. The second kappa shape index (κ2) is 10.4. The van der Waals surface area contributed by atoms with Gasteiger partial charge >= 0.3 is 0 Å². The minimum absolute atomic E-state index is 0.00119. The predicted octanol–water partition coefficient (Wildman–Crippen LogP) is 5.52. The van der Waals surface area contributed by atoms with Gasteiger partial charge in [0.15, 0.2) is 0 Å². The molecule has 2 fully saturated rings. The first-order valence-corrected chi connectivity index (χ1v) is 14.1. The fourth-order valence-corrected chi connectivity index (χ4v) is 6.59. The van der Waals surface area contributed by atoms with E-state index in [-0.39, 0.29) is 17.9 Å². The van der Waals surface area contributed by atoms with E-state index in [2.05, 4.69) is 34.7 Å². The lowest BCUT2D eigenvalue weighted by Gasteiger charge is -2.25. The van der Waals surface area contributed by atoms with Crippen molar-refractivity contribution in [1.82, 2.24) is 14.4 Å². The van der Waals surface area contributed by atoms with Gasteiger partial charge in [-0.05, 0) is 80.2 Å². The van der Waals surface area contributed by atoms with Gasteiger partial charge in [0.05, 0.1) is 13.1 Å². The van der Waals surface area contributed by atoms with Crippen LogP contribution in [0.4, 0.5) is 5.69 Å². The number of rotatable bonds is 4. The molecule has 1 aromatic heterocycles. The number of hydrogen-bond acceptors (Lipinski definition) is 3. The minimum Gasteiger partial charge on any atom is -0.336 e. The Kier molecular flexibility index (Phi) is 6.83. The zero-order valence-electron chi connectivity index (χ0n) is 22.6. The molecule has 6 heteroatoms. The molecule has 3 aromatic rings. The Morgan fingerprint density at radius 1 is 0.868 bits per heavy atom. The van der Waals surface area contributed by atoms with Crippen LogP contribution in [-0.4, -0.2) is 59.4 Å². The number of fused-ring (bicyclic) bond motifs is 2. The Morgan fingerprint density at radius 2 is 1.63 bits per heavy atom. The first kappa shape index (κ1) is 24.9. The summed E-state index contributed by atoms with van der Waals surface area (Å²) in [5.74, 6) is 0.669. The SMILES string of the molecule is CN1CCC(N(C)C(=O)c2ccc3n2Cc2ccccc2N(C(=O)c2ccc(C4CCCCC4)cc2)C3)C1. The number of carbonyl (C=O) groups excluding carboxylic acids is 2. The summed E-state index contributed by atoms with van der Waals surface area (Å²) in [5.41, 5.74) is 5.70. The van der Waals surface area contributed by atoms with Crippen molar-refractivity contribution in [1.29, 1.82) is 0 Å². The summed E-state index contributed by atoms with van der Waals surface area (Å²) in [6.07, 6.45) is 7.43. The third kappa shape index (κ3) is 4.66. The molecule has 0 radical (unpaired) electrons. The van der Waals surface area contributed by atoms with Crippen LogP contribution in [0.1, 0.15) is 82.1 Å². The van der Waals surface area contributed by atoms with Crippen LogP contribution in [-0.2, 0) is 13.1 Å². The number of benzene rings is 2. The fraction of sp³-hybridized carbons (Fsp3) is 0.438. The molecule has 1 saturated heterocycles. The van der Waals surface area contributed by atoms with E-state index in [1.54, 1.807) is 0 Å². The van der Waals surface area contributed by atoms with E-state index in [4.69, 9.17) is 0 Å². The van der Waals surface area contributed by atoms with Gasteiger partial charge in [0.2, 0.25) is 0 Å². The first-order valence-electron chi connectivity index (χ1n) is 14.1. The molecule has 6 nitrogen and oxygen atoms in total. The summed E-state index contributed by atoms with van der Waals surface area (Å²) >= 11 is 0. The lowest BCUT2D eigenvalue weighted by Crippen LogP contribution is -2.39. The normalized spacial score (nSPS) is 20.1. The summed E-state index contributed by atoms with van der Waals surface area (Å²) in [7, 11) is 4.03. The van der Waals surface area contributed by atoms with Crippen LogP contribution >= 0.6 is 0 Å². The molecule has 0 spiro atoms. The Hall–Kier alpha value is -3.38. The molecule has 0 N–H and O–H groups in total. The summed E-state index contributed by atoms with van der Waals surface area (Å²) in [6.45, 7) is 2.92. The van der Waals surface area contributed by atoms with Gasteiger partial charge in [-0.3, -0.25) is 9.59 Å². The largest absolute Gasteiger partial charge is 0.336 e. The second-order valence-electron chi connectivity index (χ2n) is 11.4.